The van der Waals surface area contributed by atoms with Crippen molar-refractivity contribution in [1.82, 2.24) is 10.3 Å². The van der Waals surface area contributed by atoms with Gasteiger partial charge < -0.3 is 9.73 Å². The lowest BCUT2D eigenvalue weighted by molar-refractivity contribution is 0.516. The Morgan fingerprint density at radius 3 is 2.88 bits per heavy atom. The van der Waals surface area contributed by atoms with Crippen molar-refractivity contribution >= 4 is 15.9 Å². The van der Waals surface area contributed by atoms with Gasteiger partial charge >= 0.3 is 0 Å². The van der Waals surface area contributed by atoms with Crippen LogP contribution in [0.25, 0.3) is 0 Å². The predicted molar refractivity (Wildman–Crippen MR) is 70.9 cm³/mol. The Morgan fingerprint density at radius 2 is 2.29 bits per heavy atom. The van der Waals surface area contributed by atoms with Crippen molar-refractivity contribution < 1.29 is 4.42 Å². The van der Waals surface area contributed by atoms with Gasteiger partial charge in [-0.15, -0.1) is 0 Å². The summed E-state index contributed by atoms with van der Waals surface area (Å²) < 4.78 is 6.05. The Bertz CT molecular complexity index is 496. The van der Waals surface area contributed by atoms with Gasteiger partial charge in [-0.05, 0) is 47.6 Å². The highest BCUT2D eigenvalue weighted by molar-refractivity contribution is 9.10. The topological polar surface area (TPSA) is 38.1 Å². The molecule has 0 bridgehead atoms. The number of nitrogens with zero attached hydrogens (tertiary/aromatic N) is 1. The van der Waals surface area contributed by atoms with Gasteiger partial charge in [0.05, 0.1) is 6.26 Å². The van der Waals surface area contributed by atoms with Crippen molar-refractivity contribution in [2.24, 2.45) is 0 Å². The molecule has 1 N–H and O–H groups in total. The minimum Gasteiger partial charge on any atom is -0.457 e. The fourth-order valence-electron chi connectivity index (χ4n) is 1.85. The first-order chi connectivity index (χ1) is 8.22. The van der Waals surface area contributed by atoms with Crippen molar-refractivity contribution in [2.45, 2.75) is 19.4 Å². The number of aryl methyl sites for hydroxylation is 1. The summed E-state index contributed by atoms with van der Waals surface area (Å²) in [4.78, 5) is 4.42. The normalized spacial score (nSPS) is 12.6. The molecule has 0 aliphatic rings. The fraction of sp³-hybridized carbons (Fsp3) is 0.308. The van der Waals surface area contributed by atoms with Crippen LogP contribution in [-0.2, 0) is 6.42 Å². The largest absolute Gasteiger partial charge is 0.457 e. The minimum absolute atomic E-state index is 0.205. The minimum atomic E-state index is 0.205. The maximum atomic E-state index is 5.27. The van der Waals surface area contributed by atoms with Crippen LogP contribution in [0, 0.1) is 6.92 Å². The lowest BCUT2D eigenvalue weighted by atomic mass is 10.0. The summed E-state index contributed by atoms with van der Waals surface area (Å²) in [7, 11) is 1.95. The van der Waals surface area contributed by atoms with Crippen LogP contribution < -0.4 is 5.32 Å². The van der Waals surface area contributed by atoms with Crippen LogP contribution >= 0.6 is 15.9 Å². The van der Waals surface area contributed by atoms with Crippen LogP contribution in [0.3, 0.4) is 0 Å². The van der Waals surface area contributed by atoms with E-state index in [1.807, 2.05) is 25.4 Å². The summed E-state index contributed by atoms with van der Waals surface area (Å²) in [5.41, 5.74) is 3.45. The Hall–Kier alpha value is -1.13. The molecule has 17 heavy (non-hydrogen) atoms. The van der Waals surface area contributed by atoms with Gasteiger partial charge in [-0.3, -0.25) is 4.98 Å². The molecule has 4 heteroatoms. The van der Waals surface area contributed by atoms with Crippen LogP contribution in [0.5, 0.6) is 0 Å². The van der Waals surface area contributed by atoms with Gasteiger partial charge in [-0.2, -0.15) is 0 Å². The van der Waals surface area contributed by atoms with E-state index in [0.29, 0.717) is 0 Å². The number of hydrogen-bond acceptors (Lipinski definition) is 3. The van der Waals surface area contributed by atoms with Gasteiger partial charge in [-0.1, -0.05) is 6.07 Å². The molecule has 2 aromatic rings. The van der Waals surface area contributed by atoms with Crippen molar-refractivity contribution in [2.75, 3.05) is 7.05 Å². The highest BCUT2D eigenvalue weighted by Crippen LogP contribution is 2.27. The molecule has 0 saturated carbocycles. The Labute approximate surface area is 109 Å². The third-order valence-corrected chi connectivity index (χ3v) is 3.53. The van der Waals surface area contributed by atoms with E-state index in [-0.39, 0.29) is 6.04 Å². The number of furan rings is 1. The molecule has 3 nitrogen and oxygen atoms in total. The molecule has 1 atom stereocenters. The standard InChI is InChI=1S/C13H15BrN2O/c1-9-4-3-6-16-11(9)8-12(15-2)10-5-7-17-13(10)14/h3-7,12,15H,8H2,1-2H3. The molecule has 2 aromatic heterocycles. The van der Waals surface area contributed by atoms with Gasteiger partial charge in [-0.25, -0.2) is 0 Å². The summed E-state index contributed by atoms with van der Waals surface area (Å²) >= 11 is 3.41. The second-order valence-corrected chi connectivity index (χ2v) is 4.68. The maximum Gasteiger partial charge on any atom is 0.173 e. The van der Waals surface area contributed by atoms with Crippen LogP contribution in [0.2, 0.25) is 0 Å². The lowest BCUT2D eigenvalue weighted by Gasteiger charge is -2.15. The molecule has 0 fully saturated rings. The number of nitrogens with one attached hydrogen (secondary N) is 1. The molecule has 0 radical (unpaired) electrons. The van der Waals surface area contributed by atoms with Crippen LogP contribution in [-0.4, -0.2) is 12.0 Å². The molecule has 0 aliphatic heterocycles. The smallest absolute Gasteiger partial charge is 0.173 e. The molecule has 0 spiro atoms. The highest BCUT2D eigenvalue weighted by Gasteiger charge is 2.16. The summed E-state index contributed by atoms with van der Waals surface area (Å²) in [5, 5.41) is 3.29. The zero-order chi connectivity index (χ0) is 12.3. The zero-order valence-corrected chi connectivity index (χ0v) is 11.5. The maximum absolute atomic E-state index is 5.27. The quantitative estimate of drug-likeness (QED) is 0.941. The number of hydrogen-bond donors (Lipinski definition) is 1. The van der Waals surface area contributed by atoms with E-state index in [2.05, 4.69) is 39.2 Å². The van der Waals surface area contributed by atoms with Gasteiger partial charge in [0, 0.05) is 29.9 Å². The molecular formula is C13H15BrN2O. The fourth-order valence-corrected chi connectivity index (χ4v) is 2.36. The first-order valence-corrected chi connectivity index (χ1v) is 6.32. The third kappa shape index (κ3) is 2.76. The number of halogens is 1. The van der Waals surface area contributed by atoms with Crippen LogP contribution in [0.1, 0.15) is 22.9 Å². The van der Waals surface area contributed by atoms with Gasteiger partial charge in [0.25, 0.3) is 0 Å². The van der Waals surface area contributed by atoms with Crippen LogP contribution in [0.4, 0.5) is 0 Å². The average molecular weight is 295 g/mol. The summed E-state index contributed by atoms with van der Waals surface area (Å²) in [6.07, 6.45) is 4.37. The second kappa shape index (κ2) is 5.47. The second-order valence-electron chi connectivity index (χ2n) is 3.96. The monoisotopic (exact) mass is 294 g/mol. The Morgan fingerprint density at radius 1 is 1.47 bits per heavy atom. The van der Waals surface area contributed by atoms with Crippen LogP contribution in [0.15, 0.2) is 39.7 Å². The molecule has 2 heterocycles. The van der Waals surface area contributed by atoms with Crippen molar-refractivity contribution in [3.8, 4) is 0 Å². The number of aromatic nitrogens is 1. The number of pyridine rings is 1. The van der Waals surface area contributed by atoms with Crippen molar-refractivity contribution in [3.05, 3.63) is 52.1 Å². The van der Waals surface area contributed by atoms with E-state index in [1.54, 1.807) is 6.26 Å². The van der Waals surface area contributed by atoms with Crippen molar-refractivity contribution in [1.29, 1.82) is 0 Å². The van der Waals surface area contributed by atoms with E-state index in [1.165, 1.54) is 5.56 Å². The molecular weight excluding hydrogens is 280 g/mol. The van der Waals surface area contributed by atoms with E-state index in [0.717, 1.165) is 22.3 Å². The van der Waals surface area contributed by atoms with Gasteiger partial charge in [0.1, 0.15) is 0 Å². The molecule has 90 valence electrons. The molecule has 0 amide bonds. The van der Waals surface area contributed by atoms with E-state index >= 15 is 0 Å². The Balaban J connectivity index is 2.22. The molecule has 2 rings (SSSR count). The summed E-state index contributed by atoms with van der Waals surface area (Å²) in [5.74, 6) is 0. The molecule has 0 aromatic carbocycles. The first kappa shape index (κ1) is 12.3. The van der Waals surface area contributed by atoms with E-state index in [9.17, 15) is 0 Å². The Kier molecular flexibility index (Phi) is 3.97. The van der Waals surface area contributed by atoms with Crippen molar-refractivity contribution in [3.63, 3.8) is 0 Å². The summed E-state index contributed by atoms with van der Waals surface area (Å²) in [6, 6.07) is 6.22. The molecule has 0 aliphatic carbocycles. The number of rotatable bonds is 4. The lowest BCUT2D eigenvalue weighted by Crippen LogP contribution is -2.19. The SMILES string of the molecule is CNC(Cc1ncccc1C)c1ccoc1Br. The third-order valence-electron chi connectivity index (χ3n) is 2.89. The predicted octanol–water partition coefficient (Wildman–Crippen LogP) is 3.25. The highest BCUT2D eigenvalue weighted by atomic mass is 79.9. The van der Waals surface area contributed by atoms with Gasteiger partial charge in [0.15, 0.2) is 4.67 Å². The van der Waals surface area contributed by atoms with Gasteiger partial charge in [0.2, 0.25) is 0 Å². The first-order valence-electron chi connectivity index (χ1n) is 5.53. The average Bonchev–Trinajstić information content (AvgIpc) is 2.75. The summed E-state index contributed by atoms with van der Waals surface area (Å²) in [6.45, 7) is 2.08. The molecule has 0 saturated heterocycles. The molecule has 1 unspecified atom stereocenters. The zero-order valence-electron chi connectivity index (χ0n) is 9.90. The number of likely N-dealkylation sites (N-methyl/N-ethyl adjacent to an activating group) is 1. The van der Waals surface area contributed by atoms with E-state index in [4.69, 9.17) is 4.42 Å². The van der Waals surface area contributed by atoms with E-state index < -0.39 is 0 Å².